The molecule has 0 aromatic carbocycles. The molecule has 3 heterocycles. The minimum absolute atomic E-state index is 0.0311. The molecule has 0 amide bonds. The Bertz CT molecular complexity index is 848. The fraction of sp³-hybridized carbons (Fsp3) is 0.357. The van der Waals surface area contributed by atoms with Crippen LogP contribution in [0.2, 0.25) is 0 Å². The topological polar surface area (TPSA) is 84.5 Å². The van der Waals surface area contributed by atoms with E-state index >= 15 is 0 Å². The molecule has 8 heteroatoms. The number of hydrogen-bond acceptors (Lipinski definition) is 3. The molecule has 22 heavy (non-hydrogen) atoms. The van der Waals surface area contributed by atoms with Crippen LogP contribution in [0.15, 0.2) is 29.3 Å². The molecule has 7 nitrogen and oxygen atoms in total. The van der Waals surface area contributed by atoms with Crippen LogP contribution in [0, 0.1) is 6.92 Å². The molecule has 0 saturated carbocycles. The number of aromatic carboxylic acids is 1. The Hall–Kier alpha value is -2.06. The van der Waals surface area contributed by atoms with Gasteiger partial charge in [-0.25, -0.2) is 13.2 Å². The average Bonchev–Trinajstić information content (AvgIpc) is 3.04. The molecule has 0 saturated heterocycles. The number of hydrogen-bond donors (Lipinski definition) is 1. The van der Waals surface area contributed by atoms with Gasteiger partial charge in [0.2, 0.25) is 10.0 Å². The lowest BCUT2D eigenvalue weighted by atomic mass is 10.3. The molecular formula is C14H17N3O4S. The summed E-state index contributed by atoms with van der Waals surface area (Å²) in [5.74, 6) is -1.14. The van der Waals surface area contributed by atoms with E-state index in [-0.39, 0.29) is 10.6 Å². The SMILES string of the molecule is Cc1c(S(=O)(=O)N2CCn3cccc3C2)cc(C(=O)O)n1C. The molecule has 0 aliphatic carbocycles. The van der Waals surface area contributed by atoms with Crippen molar-refractivity contribution in [3.8, 4) is 0 Å². The van der Waals surface area contributed by atoms with Crippen molar-refractivity contribution >= 4 is 16.0 Å². The van der Waals surface area contributed by atoms with E-state index in [9.17, 15) is 13.2 Å². The summed E-state index contributed by atoms with van der Waals surface area (Å²) in [5, 5.41) is 9.15. The van der Waals surface area contributed by atoms with E-state index in [1.807, 2.05) is 22.9 Å². The van der Waals surface area contributed by atoms with E-state index < -0.39 is 16.0 Å². The maximum atomic E-state index is 12.8. The second-order valence-corrected chi connectivity index (χ2v) is 7.28. The first-order valence-electron chi connectivity index (χ1n) is 6.86. The van der Waals surface area contributed by atoms with Crippen LogP contribution >= 0.6 is 0 Å². The predicted molar refractivity (Wildman–Crippen MR) is 79.1 cm³/mol. The summed E-state index contributed by atoms with van der Waals surface area (Å²) >= 11 is 0. The van der Waals surface area contributed by atoms with Crippen LogP contribution in [0.4, 0.5) is 0 Å². The number of carboxylic acids is 1. The van der Waals surface area contributed by atoms with E-state index in [1.54, 1.807) is 14.0 Å². The van der Waals surface area contributed by atoms with Gasteiger partial charge in [-0.15, -0.1) is 0 Å². The van der Waals surface area contributed by atoms with Crippen LogP contribution in [-0.2, 0) is 30.2 Å². The highest BCUT2D eigenvalue weighted by Crippen LogP contribution is 2.26. The standard InChI is InChI=1S/C14H17N3O4S/c1-10-13(8-12(14(18)19)15(10)2)22(20,21)17-7-6-16-5-3-4-11(16)9-17/h3-5,8H,6-7,9H2,1-2H3,(H,18,19). The molecule has 2 aromatic rings. The Morgan fingerprint density at radius 1 is 1.32 bits per heavy atom. The Morgan fingerprint density at radius 2 is 2.05 bits per heavy atom. The maximum absolute atomic E-state index is 12.8. The van der Waals surface area contributed by atoms with Crippen LogP contribution in [0.3, 0.4) is 0 Å². The third-order valence-corrected chi connectivity index (χ3v) is 6.14. The Kier molecular flexibility index (Phi) is 3.37. The zero-order valence-electron chi connectivity index (χ0n) is 12.4. The minimum atomic E-state index is -3.71. The van der Waals surface area contributed by atoms with Crippen molar-refractivity contribution in [3.63, 3.8) is 0 Å². The molecule has 1 aliphatic rings. The second kappa shape index (κ2) is 4.99. The fourth-order valence-corrected chi connectivity index (χ4v) is 4.45. The summed E-state index contributed by atoms with van der Waals surface area (Å²) in [6, 6.07) is 5.02. The van der Waals surface area contributed by atoms with E-state index in [0.29, 0.717) is 25.3 Å². The summed E-state index contributed by atoms with van der Waals surface area (Å²) in [5.41, 5.74) is 1.33. The summed E-state index contributed by atoms with van der Waals surface area (Å²) in [7, 11) is -2.16. The number of carboxylic acid groups (broad SMARTS) is 1. The number of sulfonamides is 1. The van der Waals surface area contributed by atoms with Crippen molar-refractivity contribution in [2.75, 3.05) is 6.54 Å². The van der Waals surface area contributed by atoms with Crippen LogP contribution in [0.5, 0.6) is 0 Å². The van der Waals surface area contributed by atoms with Gasteiger partial charge in [0.15, 0.2) is 0 Å². The zero-order valence-corrected chi connectivity index (χ0v) is 13.2. The van der Waals surface area contributed by atoms with E-state index in [4.69, 9.17) is 5.11 Å². The lowest BCUT2D eigenvalue weighted by Crippen LogP contribution is -2.38. The van der Waals surface area contributed by atoms with Gasteiger partial charge < -0.3 is 14.2 Å². The van der Waals surface area contributed by atoms with Crippen molar-refractivity contribution in [2.45, 2.75) is 24.9 Å². The fourth-order valence-electron chi connectivity index (χ4n) is 2.77. The van der Waals surface area contributed by atoms with Gasteiger partial charge in [0.1, 0.15) is 10.6 Å². The average molecular weight is 323 g/mol. The highest BCUT2D eigenvalue weighted by molar-refractivity contribution is 7.89. The number of aromatic nitrogens is 2. The van der Waals surface area contributed by atoms with Crippen molar-refractivity contribution in [1.82, 2.24) is 13.4 Å². The van der Waals surface area contributed by atoms with Gasteiger partial charge in [-0.1, -0.05) is 0 Å². The highest BCUT2D eigenvalue weighted by Gasteiger charge is 2.32. The molecule has 0 radical (unpaired) electrons. The summed E-state index contributed by atoms with van der Waals surface area (Å²) in [6.07, 6.45) is 1.93. The Balaban J connectivity index is 2.01. The molecule has 0 fully saturated rings. The third kappa shape index (κ3) is 2.15. The van der Waals surface area contributed by atoms with Crippen molar-refractivity contribution in [3.05, 3.63) is 41.5 Å². The second-order valence-electron chi connectivity index (χ2n) is 5.37. The van der Waals surface area contributed by atoms with Crippen LogP contribution in [0.25, 0.3) is 0 Å². The summed E-state index contributed by atoms with van der Waals surface area (Å²) in [4.78, 5) is 11.2. The maximum Gasteiger partial charge on any atom is 0.352 e. The van der Waals surface area contributed by atoms with Gasteiger partial charge in [-0.2, -0.15) is 4.31 Å². The first kappa shape index (κ1) is 14.9. The van der Waals surface area contributed by atoms with Crippen molar-refractivity contribution < 1.29 is 18.3 Å². The number of rotatable bonds is 3. The third-order valence-electron chi connectivity index (χ3n) is 4.18. The van der Waals surface area contributed by atoms with Gasteiger partial charge in [0, 0.05) is 37.7 Å². The molecule has 0 bridgehead atoms. The van der Waals surface area contributed by atoms with Gasteiger partial charge in [-0.3, -0.25) is 0 Å². The normalized spacial score (nSPS) is 15.7. The molecular weight excluding hydrogens is 306 g/mol. The molecule has 1 N–H and O–H groups in total. The summed E-state index contributed by atoms with van der Waals surface area (Å²) < 4.78 is 30.5. The first-order valence-corrected chi connectivity index (χ1v) is 8.30. The molecule has 3 rings (SSSR count). The smallest absolute Gasteiger partial charge is 0.352 e. The molecule has 0 spiro atoms. The van der Waals surface area contributed by atoms with Crippen LogP contribution in [-0.4, -0.2) is 39.5 Å². The molecule has 0 unspecified atom stereocenters. The minimum Gasteiger partial charge on any atom is -0.477 e. The zero-order chi connectivity index (χ0) is 16.1. The molecule has 2 aromatic heterocycles. The first-order chi connectivity index (χ1) is 10.3. The molecule has 1 aliphatic heterocycles. The predicted octanol–water partition coefficient (Wildman–Crippen LogP) is 1.04. The van der Waals surface area contributed by atoms with Crippen molar-refractivity contribution in [2.24, 2.45) is 7.05 Å². The van der Waals surface area contributed by atoms with E-state index in [0.717, 1.165) is 5.69 Å². The van der Waals surface area contributed by atoms with E-state index in [2.05, 4.69) is 0 Å². The Morgan fingerprint density at radius 3 is 2.68 bits per heavy atom. The number of nitrogens with zero attached hydrogens (tertiary/aromatic N) is 3. The monoisotopic (exact) mass is 323 g/mol. The van der Waals surface area contributed by atoms with Gasteiger partial charge >= 0.3 is 5.97 Å². The van der Waals surface area contributed by atoms with Crippen molar-refractivity contribution in [1.29, 1.82) is 0 Å². The largest absolute Gasteiger partial charge is 0.477 e. The Labute approximate surface area is 128 Å². The molecule has 118 valence electrons. The quantitative estimate of drug-likeness (QED) is 0.914. The lowest BCUT2D eigenvalue weighted by molar-refractivity contribution is 0.0686. The summed E-state index contributed by atoms with van der Waals surface area (Å²) in [6.45, 7) is 2.89. The van der Waals surface area contributed by atoms with Gasteiger partial charge in [0.25, 0.3) is 0 Å². The number of fused-ring (bicyclic) bond motifs is 1. The van der Waals surface area contributed by atoms with Crippen LogP contribution in [0.1, 0.15) is 21.9 Å². The number of carbonyl (C=O) groups is 1. The lowest BCUT2D eigenvalue weighted by Gasteiger charge is -2.27. The molecule has 0 atom stereocenters. The van der Waals surface area contributed by atoms with Gasteiger partial charge in [-0.05, 0) is 25.1 Å². The highest BCUT2D eigenvalue weighted by atomic mass is 32.2. The van der Waals surface area contributed by atoms with E-state index in [1.165, 1.54) is 14.9 Å². The van der Waals surface area contributed by atoms with Gasteiger partial charge in [0.05, 0.1) is 6.54 Å². The van der Waals surface area contributed by atoms with Crippen LogP contribution < -0.4 is 0 Å².